The van der Waals surface area contributed by atoms with E-state index < -0.39 is 0 Å². The SMILES string of the molecule is CCc1ccc(C(N)CCCOC)cc1. The fourth-order valence-corrected chi connectivity index (χ4v) is 1.61. The van der Waals surface area contributed by atoms with Gasteiger partial charge >= 0.3 is 0 Å². The lowest BCUT2D eigenvalue weighted by Crippen LogP contribution is -2.11. The maximum absolute atomic E-state index is 6.07. The molecular weight excluding hydrogens is 186 g/mol. The minimum absolute atomic E-state index is 0.144. The molecule has 0 fully saturated rings. The van der Waals surface area contributed by atoms with E-state index in [9.17, 15) is 0 Å². The van der Waals surface area contributed by atoms with Gasteiger partial charge in [0.05, 0.1) is 0 Å². The van der Waals surface area contributed by atoms with E-state index in [0.29, 0.717) is 0 Å². The van der Waals surface area contributed by atoms with Crippen LogP contribution in [0.15, 0.2) is 24.3 Å². The van der Waals surface area contributed by atoms with Gasteiger partial charge in [0.25, 0.3) is 0 Å². The normalized spacial score (nSPS) is 12.7. The van der Waals surface area contributed by atoms with E-state index in [0.717, 1.165) is 25.9 Å². The van der Waals surface area contributed by atoms with E-state index in [-0.39, 0.29) is 6.04 Å². The Balaban J connectivity index is 2.46. The molecular formula is C13H21NO. The second-order valence-corrected chi connectivity index (χ2v) is 3.84. The van der Waals surface area contributed by atoms with Gasteiger partial charge in [0, 0.05) is 19.8 Å². The van der Waals surface area contributed by atoms with Crippen molar-refractivity contribution in [3.63, 3.8) is 0 Å². The molecule has 0 aromatic heterocycles. The highest BCUT2D eigenvalue weighted by molar-refractivity contribution is 5.24. The highest BCUT2D eigenvalue weighted by atomic mass is 16.5. The molecule has 2 heteroatoms. The fraction of sp³-hybridized carbons (Fsp3) is 0.538. The van der Waals surface area contributed by atoms with Gasteiger partial charge in [-0.1, -0.05) is 31.2 Å². The summed E-state index contributed by atoms with van der Waals surface area (Å²) in [6, 6.07) is 8.73. The Hall–Kier alpha value is -0.860. The molecule has 1 atom stereocenters. The predicted octanol–water partition coefficient (Wildman–Crippen LogP) is 2.68. The maximum atomic E-state index is 6.07. The van der Waals surface area contributed by atoms with Gasteiger partial charge in [0.2, 0.25) is 0 Å². The number of hydrogen-bond donors (Lipinski definition) is 1. The molecule has 0 heterocycles. The van der Waals surface area contributed by atoms with E-state index in [2.05, 4.69) is 31.2 Å². The third-order valence-electron chi connectivity index (χ3n) is 2.68. The number of hydrogen-bond acceptors (Lipinski definition) is 2. The zero-order valence-corrected chi connectivity index (χ0v) is 9.70. The molecule has 0 saturated carbocycles. The molecule has 0 amide bonds. The standard InChI is InChI=1S/C13H21NO/c1-3-11-6-8-12(9-7-11)13(14)5-4-10-15-2/h6-9,13H,3-5,10,14H2,1-2H3. The smallest absolute Gasteiger partial charge is 0.0462 e. The number of nitrogens with two attached hydrogens (primary N) is 1. The summed E-state index contributed by atoms with van der Waals surface area (Å²) in [5.41, 5.74) is 8.66. The molecule has 0 saturated heterocycles. The van der Waals surface area contributed by atoms with Crippen LogP contribution in [-0.4, -0.2) is 13.7 Å². The van der Waals surface area contributed by atoms with Crippen LogP contribution in [-0.2, 0) is 11.2 Å². The Kier molecular flexibility index (Phi) is 5.37. The summed E-state index contributed by atoms with van der Waals surface area (Å²) in [7, 11) is 1.72. The molecule has 0 spiro atoms. The maximum Gasteiger partial charge on any atom is 0.0462 e. The highest BCUT2D eigenvalue weighted by Crippen LogP contribution is 2.16. The molecule has 1 unspecified atom stereocenters. The summed E-state index contributed by atoms with van der Waals surface area (Å²) in [6.45, 7) is 2.95. The van der Waals surface area contributed by atoms with Crippen molar-refractivity contribution < 1.29 is 4.74 Å². The van der Waals surface area contributed by atoms with Crippen molar-refractivity contribution in [1.82, 2.24) is 0 Å². The van der Waals surface area contributed by atoms with Crippen LogP contribution < -0.4 is 5.73 Å². The van der Waals surface area contributed by atoms with Crippen LogP contribution in [0.3, 0.4) is 0 Å². The van der Waals surface area contributed by atoms with Crippen LogP contribution in [0.4, 0.5) is 0 Å². The van der Waals surface area contributed by atoms with Crippen LogP contribution in [0.2, 0.25) is 0 Å². The van der Waals surface area contributed by atoms with Crippen molar-refractivity contribution >= 4 is 0 Å². The van der Waals surface area contributed by atoms with Gasteiger partial charge in [-0.05, 0) is 30.4 Å². The molecule has 0 radical (unpaired) electrons. The Labute approximate surface area is 92.4 Å². The Morgan fingerprint density at radius 3 is 2.47 bits per heavy atom. The second kappa shape index (κ2) is 6.59. The number of aryl methyl sites for hydroxylation is 1. The molecule has 0 aliphatic rings. The Bertz CT molecular complexity index is 268. The summed E-state index contributed by atoms with van der Waals surface area (Å²) in [6.07, 6.45) is 3.09. The van der Waals surface area contributed by atoms with E-state index >= 15 is 0 Å². The van der Waals surface area contributed by atoms with Gasteiger partial charge in [-0.15, -0.1) is 0 Å². The number of methoxy groups -OCH3 is 1. The van der Waals surface area contributed by atoms with Crippen molar-refractivity contribution in [2.75, 3.05) is 13.7 Å². The highest BCUT2D eigenvalue weighted by Gasteiger charge is 2.04. The summed E-state index contributed by atoms with van der Waals surface area (Å²) in [4.78, 5) is 0. The lowest BCUT2D eigenvalue weighted by atomic mass is 10.0. The van der Waals surface area contributed by atoms with E-state index in [1.54, 1.807) is 7.11 Å². The lowest BCUT2D eigenvalue weighted by molar-refractivity contribution is 0.190. The Morgan fingerprint density at radius 1 is 1.27 bits per heavy atom. The van der Waals surface area contributed by atoms with Gasteiger partial charge in [-0.25, -0.2) is 0 Å². The average Bonchev–Trinajstić information content (AvgIpc) is 2.29. The first kappa shape index (κ1) is 12.2. The van der Waals surface area contributed by atoms with Gasteiger partial charge in [0.1, 0.15) is 0 Å². The quantitative estimate of drug-likeness (QED) is 0.728. The monoisotopic (exact) mass is 207 g/mol. The van der Waals surface area contributed by atoms with Crippen molar-refractivity contribution in [3.8, 4) is 0 Å². The van der Waals surface area contributed by atoms with Crippen LogP contribution in [0.25, 0.3) is 0 Å². The van der Waals surface area contributed by atoms with Crippen LogP contribution in [0.5, 0.6) is 0 Å². The molecule has 0 aliphatic carbocycles. The van der Waals surface area contributed by atoms with Crippen molar-refractivity contribution in [2.24, 2.45) is 5.73 Å². The zero-order chi connectivity index (χ0) is 11.1. The molecule has 1 aromatic carbocycles. The van der Waals surface area contributed by atoms with Crippen molar-refractivity contribution in [2.45, 2.75) is 32.2 Å². The Morgan fingerprint density at radius 2 is 1.93 bits per heavy atom. The van der Waals surface area contributed by atoms with E-state index in [1.165, 1.54) is 11.1 Å². The molecule has 1 rings (SSSR count). The minimum Gasteiger partial charge on any atom is -0.385 e. The lowest BCUT2D eigenvalue weighted by Gasteiger charge is -2.12. The molecule has 84 valence electrons. The van der Waals surface area contributed by atoms with Gasteiger partial charge in [0.15, 0.2) is 0 Å². The third-order valence-corrected chi connectivity index (χ3v) is 2.68. The first-order valence-electron chi connectivity index (χ1n) is 5.61. The van der Waals surface area contributed by atoms with E-state index in [4.69, 9.17) is 10.5 Å². The molecule has 2 nitrogen and oxygen atoms in total. The van der Waals surface area contributed by atoms with Gasteiger partial charge in [-0.2, -0.15) is 0 Å². The first-order chi connectivity index (χ1) is 7.27. The van der Waals surface area contributed by atoms with Gasteiger partial charge < -0.3 is 10.5 Å². The minimum atomic E-state index is 0.144. The van der Waals surface area contributed by atoms with E-state index in [1.807, 2.05) is 0 Å². The number of rotatable bonds is 6. The van der Waals surface area contributed by atoms with Crippen LogP contribution >= 0.6 is 0 Å². The third kappa shape index (κ3) is 4.02. The van der Waals surface area contributed by atoms with Crippen LogP contribution in [0, 0.1) is 0 Å². The molecule has 15 heavy (non-hydrogen) atoms. The largest absolute Gasteiger partial charge is 0.385 e. The fourth-order valence-electron chi connectivity index (χ4n) is 1.61. The predicted molar refractivity (Wildman–Crippen MR) is 63.9 cm³/mol. The summed E-state index contributed by atoms with van der Waals surface area (Å²) in [5, 5.41) is 0. The van der Waals surface area contributed by atoms with Crippen molar-refractivity contribution in [1.29, 1.82) is 0 Å². The number of ether oxygens (including phenoxy) is 1. The number of benzene rings is 1. The molecule has 1 aromatic rings. The summed E-state index contributed by atoms with van der Waals surface area (Å²) in [5.74, 6) is 0. The first-order valence-corrected chi connectivity index (χ1v) is 5.61. The molecule has 0 bridgehead atoms. The molecule has 2 N–H and O–H groups in total. The molecule has 0 aliphatic heterocycles. The summed E-state index contributed by atoms with van der Waals surface area (Å²) < 4.78 is 5.01. The summed E-state index contributed by atoms with van der Waals surface area (Å²) >= 11 is 0. The van der Waals surface area contributed by atoms with Gasteiger partial charge in [-0.3, -0.25) is 0 Å². The average molecular weight is 207 g/mol. The second-order valence-electron chi connectivity index (χ2n) is 3.84. The zero-order valence-electron chi connectivity index (χ0n) is 9.70. The van der Waals surface area contributed by atoms with Crippen LogP contribution in [0.1, 0.15) is 36.9 Å². The van der Waals surface area contributed by atoms with Crippen molar-refractivity contribution in [3.05, 3.63) is 35.4 Å². The topological polar surface area (TPSA) is 35.2 Å².